The standard InChI is InChI=1S/C79H50N2O2/c1-3-17-51(18-4-1)53-31-36-57(37-32-53)80(59-40-42-68-66-24-10-15-29-75(66)82-77(68)49-59)61-45-56(55-35-44-74-70(47-55)65-23-9-14-28-73(65)79(74)71-26-12-7-21-63(71)64-22-8-13-27-72(64)79)46-62(48-61)81(58-38-33-54(34-39-58)52-19-5-2-6-20-52)60-41-43-69-67-25-11-16-30-76(67)83-78(69)50-60/h1-50H. The minimum atomic E-state index is -0.458. The molecular weight excluding hydrogens is 1010 g/mol. The lowest BCUT2D eigenvalue weighted by atomic mass is 9.70. The predicted octanol–water partition coefficient (Wildman–Crippen LogP) is 21.8. The summed E-state index contributed by atoms with van der Waals surface area (Å²) in [5, 5.41) is 4.34. The van der Waals surface area contributed by atoms with Gasteiger partial charge in [0.25, 0.3) is 0 Å². The van der Waals surface area contributed by atoms with Crippen molar-refractivity contribution in [1.29, 1.82) is 0 Å². The van der Waals surface area contributed by atoms with E-state index in [0.717, 1.165) is 100 Å². The SMILES string of the molecule is c1ccc(-c2ccc(N(c3cc(-c4ccc5c(c4)-c4ccccc4C54c5ccccc5-c5ccccc54)cc(N(c4ccc(-c5ccccc5)cc4)c4ccc5c(c4)oc4ccccc45)c3)c3ccc4c(c3)oc3ccccc34)cc2)cc1. The maximum absolute atomic E-state index is 6.67. The zero-order valence-electron chi connectivity index (χ0n) is 45.1. The predicted molar refractivity (Wildman–Crippen MR) is 343 cm³/mol. The van der Waals surface area contributed by atoms with Crippen molar-refractivity contribution in [3.8, 4) is 55.6 Å². The topological polar surface area (TPSA) is 32.8 Å². The van der Waals surface area contributed by atoms with Crippen molar-refractivity contribution in [2.24, 2.45) is 0 Å². The van der Waals surface area contributed by atoms with E-state index in [4.69, 9.17) is 8.83 Å². The van der Waals surface area contributed by atoms with Crippen LogP contribution in [0.1, 0.15) is 22.3 Å². The van der Waals surface area contributed by atoms with Crippen LogP contribution < -0.4 is 9.80 Å². The summed E-state index contributed by atoms with van der Waals surface area (Å²) in [6.45, 7) is 0. The third-order valence-electron chi connectivity index (χ3n) is 17.5. The number of hydrogen-bond donors (Lipinski definition) is 0. The van der Waals surface area contributed by atoms with Crippen LogP contribution in [0.15, 0.2) is 312 Å². The largest absolute Gasteiger partial charge is 0.456 e. The third kappa shape index (κ3) is 7.33. The molecule has 0 radical (unpaired) electrons. The highest BCUT2D eigenvalue weighted by atomic mass is 16.3. The van der Waals surface area contributed by atoms with Crippen molar-refractivity contribution in [3.63, 3.8) is 0 Å². The van der Waals surface area contributed by atoms with Gasteiger partial charge in [-0.2, -0.15) is 0 Å². The molecule has 0 unspecified atom stereocenters. The molecule has 1 spiro atoms. The summed E-state index contributed by atoms with van der Waals surface area (Å²) >= 11 is 0. The van der Waals surface area contributed by atoms with Crippen LogP contribution in [0.25, 0.3) is 99.5 Å². The van der Waals surface area contributed by atoms with Crippen LogP contribution in [0.2, 0.25) is 0 Å². The van der Waals surface area contributed by atoms with Crippen LogP contribution in [0.4, 0.5) is 34.1 Å². The highest BCUT2D eigenvalue weighted by Crippen LogP contribution is 2.63. The third-order valence-corrected chi connectivity index (χ3v) is 17.5. The van der Waals surface area contributed by atoms with Gasteiger partial charge < -0.3 is 18.6 Å². The average molecular weight is 1060 g/mol. The molecule has 2 aromatic heterocycles. The minimum Gasteiger partial charge on any atom is -0.456 e. The molecule has 0 saturated heterocycles. The van der Waals surface area contributed by atoms with E-state index in [1.807, 2.05) is 12.1 Å². The van der Waals surface area contributed by atoms with Gasteiger partial charge in [0.15, 0.2) is 0 Å². The second-order valence-electron chi connectivity index (χ2n) is 21.9. The van der Waals surface area contributed by atoms with Gasteiger partial charge >= 0.3 is 0 Å². The van der Waals surface area contributed by atoms with Crippen LogP contribution in [-0.2, 0) is 5.41 Å². The van der Waals surface area contributed by atoms with E-state index >= 15 is 0 Å². The number of fused-ring (bicyclic) bond motifs is 16. The van der Waals surface area contributed by atoms with Crippen LogP contribution >= 0.6 is 0 Å². The molecule has 388 valence electrons. The van der Waals surface area contributed by atoms with Crippen LogP contribution in [0.3, 0.4) is 0 Å². The molecule has 15 aromatic rings. The van der Waals surface area contributed by atoms with Crippen LogP contribution in [0, 0.1) is 0 Å². The zero-order valence-corrected chi connectivity index (χ0v) is 45.1. The highest BCUT2D eigenvalue weighted by Gasteiger charge is 2.51. The van der Waals surface area contributed by atoms with Gasteiger partial charge in [-0.15, -0.1) is 0 Å². The van der Waals surface area contributed by atoms with E-state index in [-0.39, 0.29) is 0 Å². The summed E-state index contributed by atoms with van der Waals surface area (Å²) in [5.41, 5.74) is 26.0. The molecule has 0 atom stereocenters. The first-order valence-corrected chi connectivity index (χ1v) is 28.5. The molecule has 2 heterocycles. The van der Waals surface area contributed by atoms with E-state index < -0.39 is 5.41 Å². The van der Waals surface area contributed by atoms with E-state index in [1.165, 1.54) is 55.6 Å². The van der Waals surface area contributed by atoms with Gasteiger partial charge in [0.1, 0.15) is 22.3 Å². The maximum Gasteiger partial charge on any atom is 0.137 e. The Balaban J connectivity index is 0.920. The summed E-state index contributed by atoms with van der Waals surface area (Å²) in [7, 11) is 0. The highest BCUT2D eigenvalue weighted by molar-refractivity contribution is 6.08. The Bertz CT molecular complexity index is 4770. The van der Waals surface area contributed by atoms with Gasteiger partial charge in [-0.1, -0.05) is 206 Å². The Morgan fingerprint density at radius 3 is 1.05 bits per heavy atom. The van der Waals surface area contributed by atoms with E-state index in [1.54, 1.807) is 0 Å². The molecule has 2 aliphatic rings. The lowest BCUT2D eigenvalue weighted by Gasteiger charge is -2.31. The van der Waals surface area contributed by atoms with Crippen molar-refractivity contribution >= 4 is 78.0 Å². The lowest BCUT2D eigenvalue weighted by Crippen LogP contribution is -2.25. The number of rotatable bonds is 9. The number of nitrogens with zero attached hydrogens (tertiary/aromatic N) is 2. The fourth-order valence-corrected chi connectivity index (χ4v) is 13.8. The summed E-state index contributed by atoms with van der Waals surface area (Å²) in [5.74, 6) is 0. The van der Waals surface area contributed by atoms with Gasteiger partial charge in [0, 0.05) is 67.8 Å². The zero-order chi connectivity index (χ0) is 54.6. The number of para-hydroxylation sites is 2. The molecule has 0 aliphatic heterocycles. The molecule has 2 aliphatic carbocycles. The van der Waals surface area contributed by atoms with Crippen molar-refractivity contribution in [2.45, 2.75) is 5.41 Å². The second kappa shape index (κ2) is 18.6. The average Bonchev–Trinajstić information content (AvgIpc) is 1.78. The normalized spacial score (nSPS) is 12.7. The van der Waals surface area contributed by atoms with Gasteiger partial charge in [0.05, 0.1) is 5.41 Å². The smallest absolute Gasteiger partial charge is 0.137 e. The molecule has 4 heteroatoms. The van der Waals surface area contributed by atoms with Gasteiger partial charge in [0.2, 0.25) is 0 Å². The number of benzene rings is 13. The van der Waals surface area contributed by atoms with Gasteiger partial charge in [-0.3, -0.25) is 0 Å². The van der Waals surface area contributed by atoms with Gasteiger partial charge in [-0.05, 0) is 163 Å². The minimum absolute atomic E-state index is 0.458. The first-order chi connectivity index (χ1) is 41.1. The maximum atomic E-state index is 6.67. The Hall–Kier alpha value is -10.9. The van der Waals surface area contributed by atoms with E-state index in [9.17, 15) is 0 Å². The first kappa shape index (κ1) is 46.9. The molecule has 17 rings (SSSR count). The molecule has 0 bridgehead atoms. The monoisotopic (exact) mass is 1060 g/mol. The molecular formula is C79H50N2O2. The molecule has 4 nitrogen and oxygen atoms in total. The molecule has 0 saturated carbocycles. The fourth-order valence-electron chi connectivity index (χ4n) is 13.8. The summed E-state index contributed by atoms with van der Waals surface area (Å²) < 4.78 is 13.3. The fraction of sp³-hybridized carbons (Fsp3) is 0.0127. The number of anilines is 6. The number of furan rings is 2. The number of hydrogen-bond acceptors (Lipinski definition) is 4. The summed E-state index contributed by atoms with van der Waals surface area (Å²) in [4.78, 5) is 4.77. The molecule has 0 fully saturated rings. The molecule has 13 aromatic carbocycles. The van der Waals surface area contributed by atoms with Crippen molar-refractivity contribution in [1.82, 2.24) is 0 Å². The van der Waals surface area contributed by atoms with E-state index in [2.05, 4.69) is 301 Å². The first-order valence-electron chi connectivity index (χ1n) is 28.5. The van der Waals surface area contributed by atoms with Crippen molar-refractivity contribution in [2.75, 3.05) is 9.80 Å². The Morgan fingerprint density at radius 2 is 0.566 bits per heavy atom. The van der Waals surface area contributed by atoms with Crippen LogP contribution in [0.5, 0.6) is 0 Å². The summed E-state index contributed by atoms with van der Waals surface area (Å²) in [6, 6.07) is 110. The summed E-state index contributed by atoms with van der Waals surface area (Å²) in [6.07, 6.45) is 0. The molecule has 0 N–H and O–H groups in total. The lowest BCUT2D eigenvalue weighted by molar-refractivity contribution is 0.668. The Labute approximate surface area is 480 Å². The van der Waals surface area contributed by atoms with E-state index in [0.29, 0.717) is 0 Å². The Morgan fingerprint density at radius 1 is 0.205 bits per heavy atom. The van der Waals surface area contributed by atoms with Crippen LogP contribution in [-0.4, -0.2) is 0 Å². The quantitative estimate of drug-likeness (QED) is 0.144. The van der Waals surface area contributed by atoms with Gasteiger partial charge in [-0.25, -0.2) is 0 Å². The van der Waals surface area contributed by atoms with Crippen molar-refractivity contribution in [3.05, 3.63) is 326 Å². The second-order valence-corrected chi connectivity index (χ2v) is 21.9. The van der Waals surface area contributed by atoms with Crippen molar-refractivity contribution < 1.29 is 8.83 Å². The Kier molecular flexibility index (Phi) is 10.5. The molecule has 83 heavy (non-hydrogen) atoms. The molecule has 0 amide bonds.